The minimum Gasteiger partial charge on any atom is -0.462 e. The average Bonchev–Trinajstić information content (AvgIpc) is 3.56. The number of carbonyl (C=O) groups is 8. The summed E-state index contributed by atoms with van der Waals surface area (Å²) in [5.41, 5.74) is 18.6. The summed E-state index contributed by atoms with van der Waals surface area (Å²) in [7, 11) is 4.55. The lowest BCUT2D eigenvalue weighted by atomic mass is 9.96. The molecule has 0 aromatic carbocycles. The SMILES string of the molecule is C=N/C(C)=C\C(=O)OCC1(OC2OC(COC(=O)/C=C(/C)N)C(OC(=O)/C=C(/C)N)C(OC(=O)/C=C(\C)N)C2OC(=O)/C=C(\C)NC)OC(OC(=O)/C=C(\C)NC)C(COC(=O)/C=C(/C)NC)C1OC(=O)C=C(C)C. The first kappa shape index (κ1) is 63.1. The first-order valence-electron chi connectivity index (χ1n) is 22.9. The highest BCUT2D eigenvalue weighted by atomic mass is 16.9. The van der Waals surface area contributed by atoms with E-state index < -0.39 is 122 Å². The van der Waals surface area contributed by atoms with Crippen molar-refractivity contribution in [1.82, 2.24) is 16.0 Å². The van der Waals surface area contributed by atoms with Crippen LogP contribution in [0.1, 0.15) is 62.3 Å². The van der Waals surface area contributed by atoms with Crippen LogP contribution in [0.5, 0.6) is 0 Å². The Hall–Kier alpha value is -7.97. The number of hydrogen-bond donors (Lipinski definition) is 6. The van der Waals surface area contributed by atoms with Crippen molar-refractivity contribution in [3.05, 3.63) is 94.1 Å². The fourth-order valence-corrected chi connectivity index (χ4v) is 6.43. The molecule has 75 heavy (non-hydrogen) atoms. The Morgan fingerprint density at radius 2 is 0.947 bits per heavy atom. The smallest absolute Gasteiger partial charge is 0.334 e. The first-order valence-corrected chi connectivity index (χ1v) is 22.9. The summed E-state index contributed by atoms with van der Waals surface area (Å²) in [5, 5.41) is 8.27. The predicted octanol–water partition coefficient (Wildman–Crippen LogP) is 0.744. The summed E-state index contributed by atoms with van der Waals surface area (Å²) in [5.74, 6) is -13.2. The van der Waals surface area contributed by atoms with Gasteiger partial charge in [0, 0.05) is 110 Å². The monoisotopic (exact) mass is 1060 g/mol. The highest BCUT2D eigenvalue weighted by Crippen LogP contribution is 2.44. The van der Waals surface area contributed by atoms with Crippen molar-refractivity contribution >= 4 is 54.5 Å². The van der Waals surface area contributed by atoms with E-state index in [0.717, 1.165) is 48.6 Å². The summed E-state index contributed by atoms with van der Waals surface area (Å²) in [4.78, 5) is 112. The molecule has 0 saturated carbocycles. The lowest BCUT2D eigenvalue weighted by molar-refractivity contribution is -0.389. The van der Waals surface area contributed by atoms with Gasteiger partial charge in [0.1, 0.15) is 25.9 Å². The van der Waals surface area contributed by atoms with Crippen LogP contribution < -0.4 is 33.2 Å². The highest BCUT2D eigenvalue weighted by Gasteiger charge is 2.65. The van der Waals surface area contributed by atoms with Crippen molar-refractivity contribution in [2.75, 3.05) is 41.0 Å². The second kappa shape index (κ2) is 30.3. The lowest BCUT2D eigenvalue weighted by Crippen LogP contribution is -2.65. The summed E-state index contributed by atoms with van der Waals surface area (Å²) in [6.45, 7) is 13.8. The Morgan fingerprint density at radius 3 is 1.45 bits per heavy atom. The third-order valence-electron chi connectivity index (χ3n) is 10.1. The molecule has 2 aliphatic heterocycles. The quantitative estimate of drug-likeness (QED) is 0.0318. The van der Waals surface area contributed by atoms with E-state index in [1.165, 1.54) is 55.6 Å². The molecule has 26 nitrogen and oxygen atoms in total. The van der Waals surface area contributed by atoms with Gasteiger partial charge in [-0.25, -0.2) is 38.4 Å². The predicted molar refractivity (Wildman–Crippen MR) is 264 cm³/mol. The van der Waals surface area contributed by atoms with Gasteiger partial charge in [0.25, 0.3) is 0 Å². The Labute approximate surface area is 434 Å². The van der Waals surface area contributed by atoms with Crippen molar-refractivity contribution in [3.63, 3.8) is 0 Å². The summed E-state index contributed by atoms with van der Waals surface area (Å²) in [6, 6.07) is 0. The van der Waals surface area contributed by atoms with E-state index in [-0.39, 0.29) is 28.5 Å². The van der Waals surface area contributed by atoms with Crippen molar-refractivity contribution in [3.8, 4) is 0 Å². The zero-order chi connectivity index (χ0) is 56.7. The molecular formula is C49H69N7O19. The van der Waals surface area contributed by atoms with Gasteiger partial charge in [0.2, 0.25) is 18.4 Å². The molecule has 0 amide bonds. The molecular weight excluding hydrogens is 991 g/mol. The van der Waals surface area contributed by atoms with Crippen LogP contribution in [-0.4, -0.2) is 144 Å². The number of allylic oxidation sites excluding steroid dienone is 8. The maximum atomic E-state index is 13.9. The maximum absolute atomic E-state index is 13.9. The Balaban J connectivity index is 3.30. The molecule has 0 spiro atoms. The largest absolute Gasteiger partial charge is 0.462 e. The molecule has 0 radical (unpaired) electrons. The zero-order valence-corrected chi connectivity index (χ0v) is 44.0. The van der Waals surface area contributed by atoms with E-state index in [1.54, 1.807) is 27.8 Å². The standard InChI is InChI=1S/C49H69N7O19/c1-25(2)14-38(60)72-46-33(22-65-36(58)18-29(6)53-10)47(73-42(64)21-32(9)56-13)74-49(46,24-67-37(59)19-30(7)54-11)75-48-45(71-41(63)20-31(8)55-12)44(70-40(62)17-28(5)52)43(69-39(61)16-27(4)51)34(68-48)23-66-35(57)15-26(3)50/h14-21,33-34,43-48,53,55-56H,11,22-24,50-52H2,1-10,12-13H3/b26-15-,27-16-,28-17+,29-18-,30-19-,31-20+,32-21+. The number of nitrogens with one attached hydrogen (secondary N) is 3. The van der Waals surface area contributed by atoms with E-state index >= 15 is 0 Å². The molecule has 2 fully saturated rings. The summed E-state index contributed by atoms with van der Waals surface area (Å²) < 4.78 is 65.7. The minimum absolute atomic E-state index is 0.0164. The molecule has 2 aliphatic rings. The van der Waals surface area contributed by atoms with E-state index in [1.807, 2.05) is 0 Å². The molecule has 9 unspecified atom stereocenters. The van der Waals surface area contributed by atoms with Crippen LogP contribution in [0.2, 0.25) is 0 Å². The number of nitrogens with zero attached hydrogens (tertiary/aromatic N) is 1. The number of carbonyl (C=O) groups excluding carboxylic acids is 8. The van der Waals surface area contributed by atoms with Crippen LogP contribution in [0.15, 0.2) is 99.1 Å². The van der Waals surface area contributed by atoms with Gasteiger partial charge in [-0.3, -0.25) is 4.99 Å². The number of rotatable bonds is 25. The number of nitrogens with two attached hydrogens (primary N) is 3. The van der Waals surface area contributed by atoms with Crippen molar-refractivity contribution in [2.45, 2.75) is 111 Å². The van der Waals surface area contributed by atoms with Gasteiger partial charge in [-0.1, -0.05) is 5.57 Å². The minimum atomic E-state index is -2.84. The second-order valence-electron chi connectivity index (χ2n) is 17.1. The molecule has 9 N–H and O–H groups in total. The van der Waals surface area contributed by atoms with E-state index in [9.17, 15) is 38.4 Å². The van der Waals surface area contributed by atoms with E-state index in [4.69, 9.17) is 69.3 Å². The number of aliphatic imine (C=N–C) groups is 1. The fourth-order valence-electron chi connectivity index (χ4n) is 6.43. The fraction of sp³-hybridized carbons (Fsp3) is 0.490. The molecule has 9 atom stereocenters. The van der Waals surface area contributed by atoms with Gasteiger partial charge in [0.05, 0.1) is 5.92 Å². The Kier molecular flexibility index (Phi) is 25.5. The van der Waals surface area contributed by atoms with Crippen LogP contribution in [0.25, 0.3) is 0 Å². The number of esters is 8. The Morgan fingerprint density at radius 1 is 0.520 bits per heavy atom. The zero-order valence-electron chi connectivity index (χ0n) is 44.0. The van der Waals surface area contributed by atoms with Crippen LogP contribution in [0, 0.1) is 5.92 Å². The van der Waals surface area contributed by atoms with Gasteiger partial charge < -0.3 is 85.3 Å². The van der Waals surface area contributed by atoms with Crippen molar-refractivity contribution < 1.29 is 90.5 Å². The Bertz CT molecular complexity index is 2370. The third-order valence-corrected chi connectivity index (χ3v) is 10.1. The molecule has 26 heteroatoms. The van der Waals surface area contributed by atoms with Gasteiger partial charge in [-0.15, -0.1) is 0 Å². The van der Waals surface area contributed by atoms with Crippen molar-refractivity contribution in [2.24, 2.45) is 28.1 Å². The molecule has 2 saturated heterocycles. The van der Waals surface area contributed by atoms with Crippen LogP contribution in [0.4, 0.5) is 0 Å². The van der Waals surface area contributed by atoms with Crippen LogP contribution >= 0.6 is 0 Å². The molecule has 0 bridgehead atoms. The van der Waals surface area contributed by atoms with Crippen LogP contribution in [0.3, 0.4) is 0 Å². The summed E-state index contributed by atoms with van der Waals surface area (Å²) >= 11 is 0. The van der Waals surface area contributed by atoms with E-state index in [0.29, 0.717) is 17.0 Å². The lowest BCUT2D eigenvalue weighted by Gasteiger charge is -2.46. The molecule has 0 aromatic rings. The number of ether oxygens (including phenoxy) is 11. The van der Waals surface area contributed by atoms with Crippen molar-refractivity contribution in [1.29, 1.82) is 0 Å². The van der Waals surface area contributed by atoms with Gasteiger partial charge in [-0.05, 0) is 69.0 Å². The third kappa shape index (κ3) is 21.6. The molecule has 2 heterocycles. The van der Waals surface area contributed by atoms with E-state index in [2.05, 4.69) is 27.7 Å². The first-order chi connectivity index (χ1) is 35.1. The number of hydrogen-bond acceptors (Lipinski definition) is 26. The van der Waals surface area contributed by atoms with Gasteiger partial charge in [-0.2, -0.15) is 0 Å². The molecule has 0 aliphatic carbocycles. The second-order valence-corrected chi connectivity index (χ2v) is 17.1. The van der Waals surface area contributed by atoms with Crippen LogP contribution in [-0.2, 0) is 90.5 Å². The molecule has 414 valence electrons. The molecule has 2 rings (SSSR count). The van der Waals surface area contributed by atoms with Gasteiger partial charge >= 0.3 is 47.8 Å². The summed E-state index contributed by atoms with van der Waals surface area (Å²) in [6.07, 6.45) is -6.51. The normalized spacial score (nSPS) is 24.6. The maximum Gasteiger partial charge on any atom is 0.334 e. The molecule has 0 aromatic heterocycles. The average molecular weight is 1060 g/mol. The van der Waals surface area contributed by atoms with Gasteiger partial charge in [0.15, 0.2) is 24.4 Å². The highest BCUT2D eigenvalue weighted by molar-refractivity contribution is 5.86. The topological polar surface area (TPSA) is 365 Å².